The lowest BCUT2D eigenvalue weighted by molar-refractivity contribution is -0.870. The molecule has 0 heterocycles. The maximum atomic E-state index is 12.6. The highest BCUT2D eigenvalue weighted by molar-refractivity contribution is 7.45. The van der Waals surface area contributed by atoms with E-state index < -0.39 is 19.9 Å². The second-order valence-electron chi connectivity index (χ2n) is 15.7. The number of hydrogen-bond acceptors (Lipinski definition) is 7. The number of phosphoric acid groups is 1. The highest BCUT2D eigenvalue weighted by Crippen LogP contribution is 2.38. The molecule has 0 amide bonds. The fourth-order valence-corrected chi connectivity index (χ4v) is 6.00. The molecule has 0 rings (SSSR count). The molecule has 344 valence electrons. The Morgan fingerprint density at radius 1 is 0.508 bits per heavy atom. The molecule has 0 spiro atoms. The van der Waals surface area contributed by atoms with Gasteiger partial charge in [0.15, 0.2) is 0 Å². The number of ether oxygens (including phenoxy) is 2. The zero-order chi connectivity index (χ0) is 44.8. The van der Waals surface area contributed by atoms with Gasteiger partial charge in [-0.3, -0.25) is 9.36 Å². The van der Waals surface area contributed by atoms with Gasteiger partial charge in [0.25, 0.3) is 7.82 Å². The Morgan fingerprint density at radius 2 is 0.902 bits per heavy atom. The first-order valence-electron chi connectivity index (χ1n) is 22.9. The molecule has 0 aromatic heterocycles. The van der Waals surface area contributed by atoms with Crippen molar-refractivity contribution in [2.45, 2.75) is 136 Å². The molecular formula is C52H84NO7P. The van der Waals surface area contributed by atoms with Crippen molar-refractivity contribution in [3.63, 3.8) is 0 Å². The standard InChI is InChI=1S/C52H84NO7P/c1-6-8-10-12-14-16-18-20-22-23-24-25-26-27-28-29-30-32-34-36-38-40-42-44-47-57-49-51(50-59-61(55,56)58-48-46-53(3,4)5)60-52(54)45-43-41-39-37-35-33-31-21-19-17-15-13-11-9-7-2/h8-11,14-17,20-22,24-25,27-28,30-32,35,37,41,43,51H,6-7,12-13,18-19,23,26,29,33-34,36,38-40,42,44-50H2,1-5H3/b10-8-,11-9-,16-14-,17-15-,22-20-,25-24-,28-27-,31-21-,32-30-,37-35-,43-41-. The van der Waals surface area contributed by atoms with Crippen molar-refractivity contribution in [3.05, 3.63) is 134 Å². The fraction of sp³-hybridized carbons (Fsp3) is 0.558. The predicted octanol–water partition coefficient (Wildman–Crippen LogP) is 13.3. The van der Waals surface area contributed by atoms with E-state index in [9.17, 15) is 14.3 Å². The average molecular weight is 866 g/mol. The third-order valence-corrected chi connectivity index (χ3v) is 9.69. The summed E-state index contributed by atoms with van der Waals surface area (Å²) in [6.07, 6.45) is 63.6. The summed E-state index contributed by atoms with van der Waals surface area (Å²) in [5, 5.41) is 0. The molecule has 0 saturated heterocycles. The van der Waals surface area contributed by atoms with Crippen LogP contribution in [0, 0.1) is 0 Å². The zero-order valence-corrected chi connectivity index (χ0v) is 39.7. The number of carbonyl (C=O) groups excluding carboxylic acids is 1. The van der Waals surface area contributed by atoms with Crippen molar-refractivity contribution in [1.29, 1.82) is 0 Å². The number of hydrogen-bond donors (Lipinski definition) is 0. The molecule has 0 aromatic carbocycles. The van der Waals surface area contributed by atoms with E-state index in [-0.39, 0.29) is 26.2 Å². The molecule has 0 aliphatic heterocycles. The minimum atomic E-state index is -4.57. The van der Waals surface area contributed by atoms with Crippen LogP contribution >= 0.6 is 7.82 Å². The molecule has 0 saturated carbocycles. The molecule has 0 aliphatic rings. The van der Waals surface area contributed by atoms with Gasteiger partial charge in [0.1, 0.15) is 19.3 Å². The monoisotopic (exact) mass is 866 g/mol. The van der Waals surface area contributed by atoms with E-state index in [1.165, 1.54) is 0 Å². The Balaban J connectivity index is 4.38. The highest BCUT2D eigenvalue weighted by atomic mass is 31.2. The first-order chi connectivity index (χ1) is 29.6. The number of esters is 1. The van der Waals surface area contributed by atoms with Gasteiger partial charge >= 0.3 is 5.97 Å². The van der Waals surface area contributed by atoms with Crippen LogP contribution in [-0.2, 0) is 27.9 Å². The number of allylic oxidation sites excluding steroid dienone is 21. The molecule has 2 unspecified atom stereocenters. The second-order valence-corrected chi connectivity index (χ2v) is 17.1. The summed E-state index contributed by atoms with van der Waals surface area (Å²) in [6.45, 7) is 4.95. The molecular weight excluding hydrogens is 782 g/mol. The SMILES string of the molecule is CC/C=C\C/C=C\C/C=C\C/C=C\C/C=C\C/C=C\CCCCCCCOCC(COP(=O)([O-])OCC[N+](C)(C)C)OC(=O)C/C=C\C/C=C\C/C=C\C/C=C\C/C=C\CC. The number of nitrogens with zero attached hydrogens (tertiary/aromatic N) is 1. The lowest BCUT2D eigenvalue weighted by Gasteiger charge is -2.28. The van der Waals surface area contributed by atoms with Gasteiger partial charge in [0.2, 0.25) is 0 Å². The second kappa shape index (κ2) is 43.3. The third-order valence-electron chi connectivity index (χ3n) is 8.73. The van der Waals surface area contributed by atoms with E-state index >= 15 is 0 Å². The topological polar surface area (TPSA) is 94.1 Å². The van der Waals surface area contributed by atoms with Crippen LogP contribution in [0.5, 0.6) is 0 Å². The highest BCUT2D eigenvalue weighted by Gasteiger charge is 2.20. The van der Waals surface area contributed by atoms with Crippen molar-refractivity contribution in [1.82, 2.24) is 0 Å². The van der Waals surface area contributed by atoms with Crippen LogP contribution in [0.15, 0.2) is 134 Å². The van der Waals surface area contributed by atoms with Crippen LogP contribution in [0.4, 0.5) is 0 Å². The van der Waals surface area contributed by atoms with Crippen molar-refractivity contribution < 1.29 is 37.3 Å². The first kappa shape index (κ1) is 57.6. The van der Waals surface area contributed by atoms with E-state index in [0.717, 1.165) is 103 Å². The molecule has 8 nitrogen and oxygen atoms in total. The number of phosphoric ester groups is 1. The van der Waals surface area contributed by atoms with E-state index in [0.29, 0.717) is 24.1 Å². The molecule has 0 aromatic rings. The summed E-state index contributed by atoms with van der Waals surface area (Å²) in [5.74, 6) is -0.475. The van der Waals surface area contributed by atoms with Gasteiger partial charge in [0.05, 0.1) is 40.8 Å². The number of unbranched alkanes of at least 4 members (excludes halogenated alkanes) is 5. The maximum Gasteiger partial charge on any atom is 0.310 e. The van der Waals surface area contributed by atoms with Crippen LogP contribution in [0.3, 0.4) is 0 Å². The van der Waals surface area contributed by atoms with Crippen LogP contribution in [0.25, 0.3) is 0 Å². The Kier molecular flexibility index (Phi) is 40.9. The first-order valence-corrected chi connectivity index (χ1v) is 24.4. The smallest absolute Gasteiger partial charge is 0.310 e. The lowest BCUT2D eigenvalue weighted by atomic mass is 10.1. The average Bonchev–Trinajstić information content (AvgIpc) is 3.22. The van der Waals surface area contributed by atoms with Crippen LogP contribution < -0.4 is 4.89 Å². The Hall–Kier alpha value is -3.36. The van der Waals surface area contributed by atoms with Gasteiger partial charge in [-0.15, -0.1) is 0 Å². The molecule has 0 N–H and O–H groups in total. The fourth-order valence-electron chi connectivity index (χ4n) is 5.27. The van der Waals surface area contributed by atoms with Crippen molar-refractivity contribution in [3.8, 4) is 0 Å². The van der Waals surface area contributed by atoms with Crippen LogP contribution in [0.1, 0.15) is 129 Å². The van der Waals surface area contributed by atoms with Gasteiger partial charge in [-0.2, -0.15) is 0 Å². The van der Waals surface area contributed by atoms with Gasteiger partial charge in [-0.25, -0.2) is 0 Å². The summed E-state index contributed by atoms with van der Waals surface area (Å²) in [7, 11) is 1.26. The Labute approximate surface area is 373 Å². The number of quaternary nitrogens is 1. The van der Waals surface area contributed by atoms with Gasteiger partial charge in [-0.05, 0) is 89.9 Å². The molecule has 0 fully saturated rings. The van der Waals surface area contributed by atoms with Crippen LogP contribution in [0.2, 0.25) is 0 Å². The molecule has 61 heavy (non-hydrogen) atoms. The Bertz CT molecular complexity index is 1420. The third kappa shape index (κ3) is 47.5. The molecule has 2 atom stereocenters. The van der Waals surface area contributed by atoms with Gasteiger partial charge < -0.3 is 27.9 Å². The molecule has 9 heteroatoms. The number of rotatable bonds is 40. The van der Waals surface area contributed by atoms with E-state index in [1.54, 1.807) is 6.08 Å². The summed E-state index contributed by atoms with van der Waals surface area (Å²) in [6, 6.07) is 0. The summed E-state index contributed by atoms with van der Waals surface area (Å²) in [5.41, 5.74) is 0. The van der Waals surface area contributed by atoms with E-state index in [4.69, 9.17) is 18.5 Å². The maximum absolute atomic E-state index is 12.6. The van der Waals surface area contributed by atoms with Crippen molar-refractivity contribution >= 4 is 13.8 Å². The Morgan fingerprint density at radius 3 is 1.34 bits per heavy atom. The van der Waals surface area contributed by atoms with E-state index in [2.05, 4.69) is 135 Å². The zero-order valence-electron chi connectivity index (χ0n) is 38.8. The van der Waals surface area contributed by atoms with Crippen molar-refractivity contribution in [2.24, 2.45) is 0 Å². The van der Waals surface area contributed by atoms with Crippen molar-refractivity contribution in [2.75, 3.05) is 54.1 Å². The van der Waals surface area contributed by atoms with Gasteiger partial charge in [-0.1, -0.05) is 167 Å². The number of likely N-dealkylation sites (N-methyl/N-ethyl adjacent to an activating group) is 1. The summed E-state index contributed by atoms with van der Waals surface area (Å²) < 4.78 is 34.4. The molecule has 0 aliphatic carbocycles. The summed E-state index contributed by atoms with van der Waals surface area (Å²) >= 11 is 0. The van der Waals surface area contributed by atoms with E-state index in [1.807, 2.05) is 27.2 Å². The number of carbonyl (C=O) groups is 1. The predicted molar refractivity (Wildman–Crippen MR) is 258 cm³/mol. The molecule has 0 bridgehead atoms. The summed E-state index contributed by atoms with van der Waals surface area (Å²) in [4.78, 5) is 25.0. The van der Waals surface area contributed by atoms with Crippen LogP contribution in [-0.4, -0.2) is 70.7 Å². The largest absolute Gasteiger partial charge is 0.756 e. The minimum Gasteiger partial charge on any atom is -0.756 e. The lowest BCUT2D eigenvalue weighted by Crippen LogP contribution is -2.37. The normalized spacial score (nSPS) is 14.9. The van der Waals surface area contributed by atoms with Gasteiger partial charge in [0, 0.05) is 6.61 Å². The molecule has 0 radical (unpaired) electrons. The minimum absolute atomic E-state index is 0.00328. The quantitative estimate of drug-likeness (QED) is 0.0199.